The van der Waals surface area contributed by atoms with E-state index in [2.05, 4.69) is 10.3 Å². The Kier molecular flexibility index (Phi) is 2.47. The van der Waals surface area contributed by atoms with Gasteiger partial charge in [0.15, 0.2) is 0 Å². The van der Waals surface area contributed by atoms with Gasteiger partial charge in [-0.2, -0.15) is 0 Å². The molecule has 14 heavy (non-hydrogen) atoms. The Hall–Kier alpha value is -1.39. The highest BCUT2D eigenvalue weighted by Crippen LogP contribution is 2.30. The van der Waals surface area contributed by atoms with E-state index < -0.39 is 5.97 Å². The summed E-state index contributed by atoms with van der Waals surface area (Å²) in [6.45, 7) is 0.931. The monoisotopic (exact) mass is 195 g/mol. The van der Waals surface area contributed by atoms with Crippen LogP contribution in [0.4, 0.5) is 0 Å². The third kappa shape index (κ3) is 2.55. The Balaban J connectivity index is 1.85. The van der Waals surface area contributed by atoms with Gasteiger partial charge >= 0.3 is 5.97 Å². The molecule has 0 radical (unpaired) electrons. The van der Waals surface area contributed by atoms with Crippen LogP contribution < -0.4 is 0 Å². The molecule has 1 N–H and O–H groups in total. The minimum Gasteiger partial charge on any atom is -0.481 e. The molecule has 1 heterocycles. The second kappa shape index (κ2) is 3.77. The third-order valence-electron chi connectivity index (χ3n) is 2.32. The molecule has 1 aromatic rings. The molecular formula is C9H13N3O2. The lowest BCUT2D eigenvalue weighted by molar-refractivity contribution is -0.136. The summed E-state index contributed by atoms with van der Waals surface area (Å²) in [4.78, 5) is 10.3. The molecule has 0 aliphatic heterocycles. The Morgan fingerprint density at radius 3 is 3.07 bits per heavy atom. The first-order valence-corrected chi connectivity index (χ1v) is 4.85. The summed E-state index contributed by atoms with van der Waals surface area (Å²) >= 11 is 0. The first-order chi connectivity index (χ1) is 6.74. The van der Waals surface area contributed by atoms with Crippen LogP contribution >= 0.6 is 0 Å². The maximum atomic E-state index is 10.3. The number of hydrogen-bond acceptors (Lipinski definition) is 3. The first-order valence-electron chi connectivity index (χ1n) is 4.85. The van der Waals surface area contributed by atoms with Crippen molar-refractivity contribution in [3.63, 3.8) is 0 Å². The average Bonchev–Trinajstić information content (AvgIpc) is 2.81. The van der Waals surface area contributed by atoms with E-state index in [-0.39, 0.29) is 6.42 Å². The minimum atomic E-state index is -0.790. The Morgan fingerprint density at radius 2 is 2.43 bits per heavy atom. The van der Waals surface area contributed by atoms with Crippen molar-refractivity contribution in [2.75, 3.05) is 0 Å². The molecule has 1 fully saturated rings. The molecule has 76 valence electrons. The van der Waals surface area contributed by atoms with Gasteiger partial charge in [-0.05, 0) is 18.8 Å². The maximum absolute atomic E-state index is 10.3. The van der Waals surface area contributed by atoms with Crippen LogP contribution in [0.3, 0.4) is 0 Å². The molecule has 0 unspecified atom stereocenters. The molecular weight excluding hydrogens is 182 g/mol. The van der Waals surface area contributed by atoms with Crippen LogP contribution in [0.25, 0.3) is 0 Å². The van der Waals surface area contributed by atoms with Gasteiger partial charge in [-0.1, -0.05) is 5.21 Å². The minimum absolute atomic E-state index is 0.127. The van der Waals surface area contributed by atoms with Gasteiger partial charge in [0.25, 0.3) is 0 Å². The zero-order valence-corrected chi connectivity index (χ0v) is 7.89. The maximum Gasteiger partial charge on any atom is 0.303 e. The molecule has 0 atom stereocenters. The second-order valence-electron chi connectivity index (χ2n) is 3.77. The Labute approximate surface area is 81.7 Å². The molecule has 1 aliphatic carbocycles. The van der Waals surface area contributed by atoms with Crippen molar-refractivity contribution in [3.05, 3.63) is 11.9 Å². The fraction of sp³-hybridized carbons (Fsp3) is 0.667. The van der Waals surface area contributed by atoms with E-state index in [0.717, 1.165) is 18.2 Å². The van der Waals surface area contributed by atoms with Crippen molar-refractivity contribution >= 4 is 5.97 Å². The molecule has 1 saturated carbocycles. The van der Waals surface area contributed by atoms with Crippen molar-refractivity contribution in [1.29, 1.82) is 0 Å². The highest BCUT2D eigenvalue weighted by molar-refractivity contribution is 5.66. The van der Waals surface area contributed by atoms with Crippen LogP contribution in [0.15, 0.2) is 6.20 Å². The van der Waals surface area contributed by atoms with Crippen molar-refractivity contribution in [2.24, 2.45) is 5.92 Å². The topological polar surface area (TPSA) is 68.0 Å². The number of aromatic nitrogens is 3. The van der Waals surface area contributed by atoms with Crippen LogP contribution in [-0.2, 0) is 17.8 Å². The highest BCUT2D eigenvalue weighted by atomic mass is 16.4. The summed E-state index contributed by atoms with van der Waals surface area (Å²) in [7, 11) is 0. The molecule has 0 amide bonds. The van der Waals surface area contributed by atoms with E-state index >= 15 is 0 Å². The van der Waals surface area contributed by atoms with Gasteiger partial charge in [0.05, 0.1) is 12.1 Å². The van der Waals surface area contributed by atoms with Gasteiger partial charge in [-0.25, -0.2) is 0 Å². The van der Waals surface area contributed by atoms with Gasteiger partial charge < -0.3 is 5.11 Å². The van der Waals surface area contributed by atoms with E-state index in [4.69, 9.17) is 5.11 Å². The summed E-state index contributed by atoms with van der Waals surface area (Å²) in [6, 6.07) is 0. The number of carboxylic acid groups (broad SMARTS) is 1. The van der Waals surface area contributed by atoms with Crippen molar-refractivity contribution < 1.29 is 9.90 Å². The van der Waals surface area contributed by atoms with Crippen LogP contribution in [0.5, 0.6) is 0 Å². The van der Waals surface area contributed by atoms with E-state index in [1.807, 2.05) is 10.9 Å². The zero-order valence-electron chi connectivity index (χ0n) is 7.89. The molecule has 0 bridgehead atoms. The molecule has 0 saturated heterocycles. The van der Waals surface area contributed by atoms with Gasteiger partial charge in [-0.15, -0.1) is 5.10 Å². The Morgan fingerprint density at radius 1 is 1.64 bits per heavy atom. The largest absolute Gasteiger partial charge is 0.481 e. The fourth-order valence-corrected chi connectivity index (χ4v) is 1.34. The molecule has 1 aromatic heterocycles. The Bertz CT molecular complexity index is 331. The number of nitrogens with zero attached hydrogens (tertiary/aromatic N) is 3. The molecule has 2 rings (SSSR count). The van der Waals surface area contributed by atoms with E-state index in [1.54, 1.807) is 0 Å². The van der Waals surface area contributed by atoms with Crippen LogP contribution in [-0.4, -0.2) is 26.1 Å². The summed E-state index contributed by atoms with van der Waals surface area (Å²) < 4.78 is 1.81. The number of rotatable bonds is 5. The van der Waals surface area contributed by atoms with Crippen LogP contribution in [0.1, 0.15) is 25.0 Å². The number of aliphatic carboxylic acids is 1. The molecule has 5 heteroatoms. The zero-order chi connectivity index (χ0) is 9.97. The van der Waals surface area contributed by atoms with E-state index in [0.29, 0.717) is 6.42 Å². The van der Waals surface area contributed by atoms with Gasteiger partial charge in [-0.3, -0.25) is 9.48 Å². The van der Waals surface area contributed by atoms with E-state index in [1.165, 1.54) is 12.8 Å². The quantitative estimate of drug-likeness (QED) is 0.751. The predicted molar refractivity (Wildman–Crippen MR) is 48.7 cm³/mol. The lowest BCUT2D eigenvalue weighted by atomic mass is 10.2. The van der Waals surface area contributed by atoms with Gasteiger partial charge in [0.2, 0.25) is 0 Å². The second-order valence-corrected chi connectivity index (χ2v) is 3.77. The van der Waals surface area contributed by atoms with Crippen molar-refractivity contribution in [1.82, 2.24) is 15.0 Å². The highest BCUT2D eigenvalue weighted by Gasteiger charge is 2.22. The normalized spacial score (nSPS) is 15.7. The number of aryl methyl sites for hydroxylation is 1. The van der Waals surface area contributed by atoms with E-state index in [9.17, 15) is 4.79 Å². The summed E-state index contributed by atoms with van der Waals surface area (Å²) in [6.07, 6.45) is 5.01. The summed E-state index contributed by atoms with van der Waals surface area (Å²) in [5.41, 5.74) is 0.771. The standard InChI is InChI=1S/C9H13N3O2/c13-9(14)4-3-8-6-12(11-10-8)5-7-1-2-7/h6-7H,1-5H2,(H,13,14). The SMILES string of the molecule is O=C(O)CCc1cn(CC2CC2)nn1. The smallest absolute Gasteiger partial charge is 0.303 e. The lowest BCUT2D eigenvalue weighted by Crippen LogP contribution is -2.00. The van der Waals surface area contributed by atoms with Gasteiger partial charge in [0, 0.05) is 19.2 Å². The van der Waals surface area contributed by atoms with Crippen molar-refractivity contribution in [3.8, 4) is 0 Å². The first kappa shape index (κ1) is 9.18. The number of hydrogen-bond donors (Lipinski definition) is 1. The summed E-state index contributed by atoms with van der Waals surface area (Å²) in [5, 5.41) is 16.3. The number of carboxylic acids is 1. The average molecular weight is 195 g/mol. The number of carbonyl (C=O) groups is 1. The third-order valence-corrected chi connectivity index (χ3v) is 2.32. The lowest BCUT2D eigenvalue weighted by Gasteiger charge is -1.94. The van der Waals surface area contributed by atoms with Crippen LogP contribution in [0, 0.1) is 5.92 Å². The fourth-order valence-electron chi connectivity index (χ4n) is 1.34. The predicted octanol–water partition coefficient (Wildman–Crippen LogP) is 0.705. The molecule has 0 aromatic carbocycles. The molecule has 5 nitrogen and oxygen atoms in total. The van der Waals surface area contributed by atoms with Gasteiger partial charge in [0.1, 0.15) is 0 Å². The molecule has 0 spiro atoms. The summed E-state index contributed by atoms with van der Waals surface area (Å²) in [5.74, 6) is -0.0224. The van der Waals surface area contributed by atoms with Crippen LogP contribution in [0.2, 0.25) is 0 Å². The molecule has 1 aliphatic rings. The van der Waals surface area contributed by atoms with Crippen molar-refractivity contribution in [2.45, 2.75) is 32.2 Å².